The zero-order valence-electron chi connectivity index (χ0n) is 23.5. The van der Waals surface area contributed by atoms with Crippen LogP contribution in [0.15, 0.2) is 11.6 Å². The predicted molar refractivity (Wildman–Crippen MR) is 138 cm³/mol. The molecule has 0 heterocycles. The van der Waals surface area contributed by atoms with Gasteiger partial charge < -0.3 is 14.9 Å². The summed E-state index contributed by atoms with van der Waals surface area (Å²) < 4.78 is 5.20. The highest BCUT2D eigenvalue weighted by Gasteiger charge is 2.69. The van der Waals surface area contributed by atoms with Crippen LogP contribution in [0.4, 0.5) is 0 Å². The van der Waals surface area contributed by atoms with E-state index in [9.17, 15) is 15.0 Å². The summed E-state index contributed by atoms with van der Waals surface area (Å²) in [6.45, 7) is 16.8. The molecule has 0 unspecified atom stereocenters. The molecule has 5 aliphatic rings. The van der Waals surface area contributed by atoms with Crippen LogP contribution in [0.5, 0.6) is 0 Å². The fraction of sp³-hybridized carbons (Fsp3) is 0.903. The average molecular weight is 487 g/mol. The molecule has 0 radical (unpaired) electrons. The maximum Gasteiger partial charge on any atom is 0.309 e. The van der Waals surface area contributed by atoms with Crippen molar-refractivity contribution in [2.24, 2.45) is 56.7 Å². The van der Waals surface area contributed by atoms with E-state index in [0.717, 1.165) is 32.1 Å². The zero-order chi connectivity index (χ0) is 25.8. The second-order valence-corrected chi connectivity index (χ2v) is 14.9. The van der Waals surface area contributed by atoms with E-state index >= 15 is 0 Å². The number of hydrogen-bond acceptors (Lipinski definition) is 4. The molecule has 4 nitrogen and oxygen atoms in total. The first-order valence-electron chi connectivity index (χ1n) is 14.3. The Kier molecular flexibility index (Phi) is 5.76. The van der Waals surface area contributed by atoms with Crippen LogP contribution in [0.3, 0.4) is 0 Å². The molecule has 2 N–H and O–H groups in total. The number of carbonyl (C=O) groups excluding carboxylic acids is 1. The first-order chi connectivity index (χ1) is 16.2. The summed E-state index contributed by atoms with van der Waals surface area (Å²) >= 11 is 0. The molecule has 35 heavy (non-hydrogen) atoms. The maximum atomic E-state index is 12.7. The zero-order valence-corrected chi connectivity index (χ0v) is 23.5. The van der Waals surface area contributed by atoms with Crippen molar-refractivity contribution in [3.63, 3.8) is 0 Å². The fourth-order valence-corrected chi connectivity index (χ4v) is 11.1. The van der Waals surface area contributed by atoms with Gasteiger partial charge in [0.15, 0.2) is 0 Å². The van der Waals surface area contributed by atoms with E-state index in [1.807, 2.05) is 0 Å². The number of rotatable bonds is 1. The van der Waals surface area contributed by atoms with Gasteiger partial charge in [-0.2, -0.15) is 0 Å². The Labute approximate surface area is 213 Å². The summed E-state index contributed by atoms with van der Waals surface area (Å²) in [4.78, 5) is 12.7. The number of hydrogen-bond donors (Lipinski definition) is 2. The molecule has 0 aliphatic heterocycles. The quantitative estimate of drug-likeness (QED) is 0.345. The molecule has 0 saturated heterocycles. The molecule has 5 rings (SSSR count). The van der Waals surface area contributed by atoms with Gasteiger partial charge >= 0.3 is 5.97 Å². The molecule has 0 aromatic rings. The minimum absolute atomic E-state index is 0.0416. The van der Waals surface area contributed by atoms with Crippen LogP contribution in [-0.2, 0) is 9.53 Å². The van der Waals surface area contributed by atoms with Crippen molar-refractivity contribution in [2.45, 2.75) is 112 Å². The van der Waals surface area contributed by atoms with Crippen molar-refractivity contribution in [1.82, 2.24) is 0 Å². The van der Waals surface area contributed by atoms with Crippen molar-refractivity contribution in [1.29, 1.82) is 0 Å². The van der Waals surface area contributed by atoms with Crippen LogP contribution in [0.2, 0.25) is 0 Å². The maximum absolute atomic E-state index is 12.7. The highest BCUT2D eigenvalue weighted by molar-refractivity contribution is 5.73. The molecule has 5 aliphatic carbocycles. The smallest absolute Gasteiger partial charge is 0.309 e. The number of aliphatic hydroxyl groups excluding tert-OH is 2. The molecule has 0 aromatic heterocycles. The highest BCUT2D eigenvalue weighted by atomic mass is 16.5. The fourth-order valence-electron chi connectivity index (χ4n) is 11.1. The van der Waals surface area contributed by atoms with Gasteiger partial charge in [0, 0.05) is 5.41 Å². The SMILES string of the molecule is COC(=O)[C@@H]1C[C@H](O)[C@]2(C)CC[C@]3(C)C(=CC[C@@H]4[C@@]5(C)CC[C@H](O)C(C)(C)[C@H]5CC[C@]43C)[C@@H]2[C@H]1C. The topological polar surface area (TPSA) is 66.8 Å². The number of esters is 1. The minimum atomic E-state index is -0.474. The molecular weight excluding hydrogens is 436 g/mol. The van der Waals surface area contributed by atoms with Crippen LogP contribution >= 0.6 is 0 Å². The number of aliphatic hydroxyl groups is 2. The monoisotopic (exact) mass is 486 g/mol. The van der Waals surface area contributed by atoms with Gasteiger partial charge in [-0.05, 0) is 96.7 Å². The molecule has 4 fully saturated rings. The Morgan fingerprint density at radius 3 is 2.26 bits per heavy atom. The molecule has 198 valence electrons. The minimum Gasteiger partial charge on any atom is -0.469 e. The van der Waals surface area contributed by atoms with E-state index in [1.54, 1.807) is 0 Å². The molecular formula is C31H50O4. The first-order valence-corrected chi connectivity index (χ1v) is 14.3. The lowest BCUT2D eigenvalue weighted by molar-refractivity contribution is -0.209. The van der Waals surface area contributed by atoms with E-state index in [1.165, 1.54) is 25.5 Å². The third kappa shape index (κ3) is 3.08. The Morgan fingerprint density at radius 1 is 0.914 bits per heavy atom. The van der Waals surface area contributed by atoms with Crippen LogP contribution in [-0.4, -0.2) is 35.5 Å². The van der Waals surface area contributed by atoms with E-state index in [2.05, 4.69) is 54.5 Å². The van der Waals surface area contributed by atoms with Crippen molar-refractivity contribution in [2.75, 3.05) is 7.11 Å². The Balaban J connectivity index is 1.59. The lowest BCUT2D eigenvalue weighted by Crippen LogP contribution is -2.65. The summed E-state index contributed by atoms with van der Waals surface area (Å²) in [7, 11) is 1.48. The van der Waals surface area contributed by atoms with E-state index in [-0.39, 0.29) is 56.9 Å². The number of methoxy groups -OCH3 is 1. The standard InChI is InChI=1S/C31H50O4/c1-18-19(26(34)35-8)17-24(33)29(5)15-16-30(6)20(25(18)29)9-10-22-28(4)13-12-23(32)27(2,3)21(28)11-14-31(22,30)7/h9,18-19,21-25,32-33H,10-17H2,1-8H3/t18-,19+,21+,22+,23-,24-,25-,28-,29-,30+,31+/m0/s1. The Hall–Kier alpha value is -0.870. The first kappa shape index (κ1) is 25.8. The van der Waals surface area contributed by atoms with Gasteiger partial charge in [-0.3, -0.25) is 4.79 Å². The lowest BCUT2D eigenvalue weighted by atomic mass is 9.33. The van der Waals surface area contributed by atoms with Crippen LogP contribution in [0.25, 0.3) is 0 Å². The number of allylic oxidation sites excluding steroid dienone is 2. The molecule has 0 amide bonds. The Bertz CT molecular complexity index is 923. The summed E-state index contributed by atoms with van der Waals surface area (Å²) in [5.74, 6) is 1.11. The van der Waals surface area contributed by atoms with E-state index in [0.29, 0.717) is 18.3 Å². The highest BCUT2D eigenvalue weighted by Crippen LogP contribution is 2.75. The molecule has 0 aromatic carbocycles. The van der Waals surface area contributed by atoms with Crippen molar-refractivity contribution >= 4 is 5.97 Å². The molecule has 0 bridgehead atoms. The Morgan fingerprint density at radius 2 is 1.60 bits per heavy atom. The third-order valence-corrected chi connectivity index (χ3v) is 13.6. The van der Waals surface area contributed by atoms with Gasteiger partial charge in [-0.25, -0.2) is 0 Å². The molecule has 0 spiro atoms. The second kappa shape index (κ2) is 7.82. The van der Waals surface area contributed by atoms with Crippen molar-refractivity contribution in [3.05, 3.63) is 11.6 Å². The lowest BCUT2D eigenvalue weighted by Gasteiger charge is -2.71. The van der Waals surface area contributed by atoms with Crippen molar-refractivity contribution < 1.29 is 19.7 Å². The third-order valence-electron chi connectivity index (χ3n) is 13.6. The van der Waals surface area contributed by atoms with Gasteiger partial charge in [0.2, 0.25) is 0 Å². The summed E-state index contributed by atoms with van der Waals surface area (Å²) in [5, 5.41) is 22.3. The largest absolute Gasteiger partial charge is 0.469 e. The van der Waals surface area contributed by atoms with Crippen LogP contribution in [0, 0.1) is 56.7 Å². The van der Waals surface area contributed by atoms with Crippen molar-refractivity contribution in [3.8, 4) is 0 Å². The molecule has 11 atom stereocenters. The van der Waals surface area contributed by atoms with Gasteiger partial charge in [0.1, 0.15) is 0 Å². The number of ether oxygens (including phenoxy) is 1. The summed E-state index contributed by atoms with van der Waals surface area (Å²) in [5.41, 5.74) is 1.79. The number of fused-ring (bicyclic) bond motifs is 7. The number of carbonyl (C=O) groups is 1. The summed E-state index contributed by atoms with van der Waals surface area (Å²) in [6.07, 6.45) is 10.0. The molecule has 4 saturated carbocycles. The van der Waals surface area contributed by atoms with Crippen LogP contribution in [0.1, 0.15) is 99.8 Å². The van der Waals surface area contributed by atoms with Gasteiger partial charge in [-0.1, -0.05) is 60.1 Å². The van der Waals surface area contributed by atoms with E-state index in [4.69, 9.17) is 4.74 Å². The molecule has 4 heteroatoms. The van der Waals surface area contributed by atoms with Gasteiger partial charge in [0.25, 0.3) is 0 Å². The predicted octanol–water partition coefficient (Wildman–Crippen LogP) is 6.15. The van der Waals surface area contributed by atoms with Crippen LogP contribution < -0.4 is 0 Å². The average Bonchev–Trinajstić information content (AvgIpc) is 2.79. The second-order valence-electron chi connectivity index (χ2n) is 14.9. The van der Waals surface area contributed by atoms with Gasteiger partial charge in [-0.15, -0.1) is 0 Å². The van der Waals surface area contributed by atoms with E-state index < -0.39 is 6.10 Å². The van der Waals surface area contributed by atoms with Gasteiger partial charge in [0.05, 0.1) is 25.2 Å². The summed E-state index contributed by atoms with van der Waals surface area (Å²) in [6, 6.07) is 0. The normalized spacial score (nSPS) is 54.9.